The van der Waals surface area contributed by atoms with Crippen LogP contribution >= 0.6 is 0 Å². The Hall–Kier alpha value is -1.34. The predicted molar refractivity (Wildman–Crippen MR) is 128 cm³/mol. The van der Waals surface area contributed by atoms with Crippen LogP contribution < -0.4 is 10.6 Å². The summed E-state index contributed by atoms with van der Waals surface area (Å²) in [6.07, 6.45) is 13.1. The number of carbonyl (C=O) groups excluding carboxylic acids is 1. The number of carboxylic acids is 1. The van der Waals surface area contributed by atoms with E-state index in [1.807, 2.05) is 20.8 Å². The molecular weight excluding hydrogens is 408 g/mol. The van der Waals surface area contributed by atoms with Crippen molar-refractivity contribution in [3.05, 3.63) is 0 Å². The van der Waals surface area contributed by atoms with Gasteiger partial charge in [0, 0.05) is 12.1 Å². The van der Waals surface area contributed by atoms with Crippen molar-refractivity contribution in [2.45, 2.75) is 148 Å². The van der Waals surface area contributed by atoms with Gasteiger partial charge in [0.15, 0.2) is 6.04 Å². The smallest absolute Gasteiger partial charge is 0.408 e. The van der Waals surface area contributed by atoms with E-state index in [1.165, 1.54) is 64.2 Å². The maximum atomic E-state index is 11.6. The Morgan fingerprint density at radius 2 is 1.25 bits per heavy atom. The minimum Gasteiger partial charge on any atom is -0.480 e. The average Bonchev–Trinajstić information content (AvgIpc) is 2.65. The summed E-state index contributed by atoms with van der Waals surface area (Å²) in [5.74, 6) is -1.16. The molecule has 7 heteroatoms. The molecule has 0 bridgehead atoms. The second-order valence-corrected chi connectivity index (χ2v) is 11.2. The molecule has 2 atom stereocenters. The Labute approximate surface area is 195 Å². The van der Waals surface area contributed by atoms with E-state index >= 15 is 0 Å². The van der Waals surface area contributed by atoms with E-state index < -0.39 is 35.4 Å². The Bertz CT molecular complexity index is 540. The van der Waals surface area contributed by atoms with Gasteiger partial charge in [0.1, 0.15) is 5.60 Å². The molecule has 1 amide bonds. The quantitative estimate of drug-likeness (QED) is 0.494. The fourth-order valence-electron chi connectivity index (χ4n) is 4.31. The van der Waals surface area contributed by atoms with E-state index in [2.05, 4.69) is 10.6 Å². The molecule has 188 valence electrons. The van der Waals surface area contributed by atoms with Crippen LogP contribution in [0.4, 0.5) is 4.79 Å². The molecule has 2 aliphatic rings. The topological polar surface area (TPSA) is 96.9 Å². The van der Waals surface area contributed by atoms with Crippen LogP contribution in [0.3, 0.4) is 0 Å². The van der Waals surface area contributed by atoms with E-state index in [0.717, 1.165) is 12.1 Å². The fourth-order valence-corrected chi connectivity index (χ4v) is 4.31. The number of ether oxygens (including phenoxy) is 2. The number of hydrogen-bond donors (Lipinski definition) is 3. The van der Waals surface area contributed by atoms with Crippen molar-refractivity contribution in [3.63, 3.8) is 0 Å². The van der Waals surface area contributed by atoms with E-state index in [4.69, 9.17) is 14.6 Å². The Balaban J connectivity index is 0.000000339. The van der Waals surface area contributed by atoms with Crippen LogP contribution in [0.5, 0.6) is 0 Å². The molecule has 32 heavy (non-hydrogen) atoms. The van der Waals surface area contributed by atoms with E-state index in [9.17, 15) is 9.59 Å². The second-order valence-electron chi connectivity index (χ2n) is 11.2. The van der Waals surface area contributed by atoms with Gasteiger partial charge in [-0.25, -0.2) is 9.59 Å². The number of hydrogen-bond acceptors (Lipinski definition) is 5. The molecule has 0 heterocycles. The highest BCUT2D eigenvalue weighted by molar-refractivity contribution is 5.80. The van der Waals surface area contributed by atoms with Crippen LogP contribution in [-0.4, -0.2) is 52.6 Å². The van der Waals surface area contributed by atoms with Gasteiger partial charge >= 0.3 is 12.1 Å². The highest BCUT2D eigenvalue weighted by Gasteiger charge is 2.31. The molecule has 7 nitrogen and oxygen atoms in total. The number of amides is 1. The van der Waals surface area contributed by atoms with Crippen molar-refractivity contribution in [2.75, 3.05) is 0 Å². The standard InChI is InChI=1S/C13H25NO5.C12H23N/c1-8(18-12(2,3)4)9(10(15)16)14-11(17)19-13(5,6)7;1-3-7-11(8-4-1)13-12-9-5-2-6-10-12/h8-9H,1-7H3,(H,14,17)(H,15,16);11-13H,1-10H2/t8-,9-;/m0./s1. The number of nitrogens with one attached hydrogen (secondary N) is 2. The summed E-state index contributed by atoms with van der Waals surface area (Å²) in [6.45, 7) is 12.2. The van der Waals surface area contributed by atoms with E-state index in [0.29, 0.717) is 0 Å². The van der Waals surface area contributed by atoms with Gasteiger partial charge in [-0.2, -0.15) is 0 Å². The van der Waals surface area contributed by atoms with Gasteiger partial charge in [0.25, 0.3) is 0 Å². The van der Waals surface area contributed by atoms with Gasteiger partial charge in [-0.05, 0) is 74.1 Å². The van der Waals surface area contributed by atoms with Gasteiger partial charge in [-0.1, -0.05) is 38.5 Å². The monoisotopic (exact) mass is 456 g/mol. The first-order chi connectivity index (χ1) is 14.8. The van der Waals surface area contributed by atoms with Gasteiger partial charge in [0.05, 0.1) is 11.7 Å². The molecule has 2 fully saturated rings. The number of carboxylic acid groups (broad SMARTS) is 1. The predicted octanol–water partition coefficient (Wildman–Crippen LogP) is 5.41. The van der Waals surface area contributed by atoms with Gasteiger partial charge in [-0.15, -0.1) is 0 Å². The molecule has 0 aromatic heterocycles. The van der Waals surface area contributed by atoms with Crippen molar-refractivity contribution in [1.29, 1.82) is 0 Å². The minimum absolute atomic E-state index is 0.497. The molecule has 2 rings (SSSR count). The third kappa shape index (κ3) is 13.3. The first-order valence-electron chi connectivity index (χ1n) is 12.4. The zero-order chi connectivity index (χ0) is 24.4. The third-order valence-electron chi connectivity index (χ3n) is 5.63. The second kappa shape index (κ2) is 13.4. The number of aliphatic carboxylic acids is 1. The van der Waals surface area contributed by atoms with Crippen LogP contribution in [-0.2, 0) is 14.3 Å². The van der Waals surface area contributed by atoms with Crippen LogP contribution in [0.1, 0.15) is 113 Å². The molecule has 0 aromatic rings. The summed E-state index contributed by atoms with van der Waals surface area (Å²) in [5.41, 5.74) is -1.18. The molecular formula is C25H48N2O5. The Morgan fingerprint density at radius 3 is 1.59 bits per heavy atom. The normalized spacial score (nSPS) is 20.5. The average molecular weight is 457 g/mol. The highest BCUT2D eigenvalue weighted by Crippen LogP contribution is 2.22. The number of rotatable bonds is 6. The van der Waals surface area contributed by atoms with Crippen LogP contribution in [0, 0.1) is 0 Å². The zero-order valence-electron chi connectivity index (χ0n) is 21.5. The van der Waals surface area contributed by atoms with Crippen molar-refractivity contribution < 1.29 is 24.2 Å². The summed E-state index contributed by atoms with van der Waals surface area (Å²) in [4.78, 5) is 22.8. The summed E-state index contributed by atoms with van der Waals surface area (Å²) >= 11 is 0. The largest absolute Gasteiger partial charge is 0.480 e. The molecule has 2 saturated carbocycles. The zero-order valence-corrected chi connectivity index (χ0v) is 21.5. The van der Waals surface area contributed by atoms with E-state index in [1.54, 1.807) is 27.7 Å². The molecule has 0 aromatic carbocycles. The van der Waals surface area contributed by atoms with Crippen LogP contribution in [0.25, 0.3) is 0 Å². The number of alkyl carbamates (subject to hydrolysis) is 1. The summed E-state index contributed by atoms with van der Waals surface area (Å²) in [6, 6.07) is 0.586. The van der Waals surface area contributed by atoms with E-state index in [-0.39, 0.29) is 0 Å². The SMILES string of the molecule is C1CCC(NC2CCCCC2)CC1.C[C@H](OC(C)(C)C)[C@H](NC(=O)OC(C)(C)C)C(=O)O. The van der Waals surface area contributed by atoms with Crippen LogP contribution in [0.15, 0.2) is 0 Å². The molecule has 0 radical (unpaired) electrons. The molecule has 0 spiro atoms. The van der Waals surface area contributed by atoms with Crippen molar-refractivity contribution in [1.82, 2.24) is 10.6 Å². The molecule has 0 saturated heterocycles. The van der Waals surface area contributed by atoms with Crippen LogP contribution in [0.2, 0.25) is 0 Å². The van der Waals surface area contributed by atoms with Crippen molar-refractivity contribution in [2.24, 2.45) is 0 Å². The maximum Gasteiger partial charge on any atom is 0.408 e. The Morgan fingerprint density at radius 1 is 0.812 bits per heavy atom. The fraction of sp³-hybridized carbons (Fsp3) is 0.920. The lowest BCUT2D eigenvalue weighted by atomic mass is 9.91. The summed E-state index contributed by atoms with van der Waals surface area (Å²) in [5, 5.41) is 15.3. The lowest BCUT2D eigenvalue weighted by Gasteiger charge is -2.30. The summed E-state index contributed by atoms with van der Waals surface area (Å²) in [7, 11) is 0. The molecule has 2 aliphatic carbocycles. The molecule has 3 N–H and O–H groups in total. The Kier molecular flexibility index (Phi) is 12.0. The highest BCUT2D eigenvalue weighted by atomic mass is 16.6. The first-order valence-corrected chi connectivity index (χ1v) is 12.4. The summed E-state index contributed by atoms with van der Waals surface area (Å²) < 4.78 is 10.6. The number of carbonyl (C=O) groups is 2. The molecule has 0 unspecified atom stereocenters. The minimum atomic E-state index is -1.16. The first kappa shape index (κ1) is 28.7. The van der Waals surface area contributed by atoms with Gasteiger partial charge in [-0.3, -0.25) is 0 Å². The van der Waals surface area contributed by atoms with Crippen molar-refractivity contribution in [3.8, 4) is 0 Å². The maximum absolute atomic E-state index is 11.6. The third-order valence-corrected chi connectivity index (χ3v) is 5.63. The van der Waals surface area contributed by atoms with Gasteiger partial charge < -0.3 is 25.2 Å². The lowest BCUT2D eigenvalue weighted by Crippen LogP contribution is -2.51. The van der Waals surface area contributed by atoms with Gasteiger partial charge in [0.2, 0.25) is 0 Å². The van der Waals surface area contributed by atoms with Crippen molar-refractivity contribution >= 4 is 12.1 Å². The molecule has 0 aliphatic heterocycles. The lowest BCUT2D eigenvalue weighted by molar-refractivity contribution is -0.147.